The topological polar surface area (TPSA) is 78.1 Å². The maximum atomic E-state index is 12.1. The third kappa shape index (κ3) is 4.27. The number of anilines is 1. The molecule has 1 amide bonds. The van der Waals surface area contributed by atoms with Gasteiger partial charge in [-0.15, -0.1) is 0 Å². The van der Waals surface area contributed by atoms with Crippen LogP contribution in [0.5, 0.6) is 0 Å². The Kier molecular flexibility index (Phi) is 5.31. The van der Waals surface area contributed by atoms with Crippen LogP contribution in [0.2, 0.25) is 0 Å². The summed E-state index contributed by atoms with van der Waals surface area (Å²) in [6.45, 7) is 0.474. The van der Waals surface area contributed by atoms with Crippen molar-refractivity contribution in [1.29, 1.82) is 0 Å². The van der Waals surface area contributed by atoms with Crippen molar-refractivity contribution in [2.24, 2.45) is 0 Å². The molecule has 0 fully saturated rings. The zero-order chi connectivity index (χ0) is 18.5. The molecule has 1 heterocycles. The van der Waals surface area contributed by atoms with E-state index in [1.807, 2.05) is 49.3 Å². The lowest BCUT2D eigenvalue weighted by molar-refractivity contribution is -0.121. The number of aromatic nitrogens is 2. The molecule has 1 aromatic heterocycles. The molecule has 6 heteroatoms. The van der Waals surface area contributed by atoms with E-state index >= 15 is 0 Å². The van der Waals surface area contributed by atoms with Crippen LogP contribution in [-0.2, 0) is 17.8 Å². The van der Waals surface area contributed by atoms with Crippen molar-refractivity contribution in [2.45, 2.75) is 19.4 Å². The van der Waals surface area contributed by atoms with Gasteiger partial charge < -0.3 is 15.2 Å². The monoisotopic (exact) mass is 350 g/mol. The summed E-state index contributed by atoms with van der Waals surface area (Å²) in [4.78, 5) is 33.3. The van der Waals surface area contributed by atoms with Crippen LogP contribution >= 0.6 is 0 Å². The number of rotatable bonds is 6. The van der Waals surface area contributed by atoms with Crippen LogP contribution in [0.4, 0.5) is 5.69 Å². The number of aromatic amines is 1. The smallest absolute Gasteiger partial charge is 0.258 e. The summed E-state index contributed by atoms with van der Waals surface area (Å²) in [5.74, 6) is 0.453. The summed E-state index contributed by atoms with van der Waals surface area (Å²) >= 11 is 0. The van der Waals surface area contributed by atoms with E-state index in [1.165, 1.54) is 0 Å². The summed E-state index contributed by atoms with van der Waals surface area (Å²) < 4.78 is 0. The molecule has 0 spiro atoms. The second kappa shape index (κ2) is 7.82. The van der Waals surface area contributed by atoms with Crippen molar-refractivity contribution in [1.82, 2.24) is 15.3 Å². The first kappa shape index (κ1) is 17.7. The molecule has 134 valence electrons. The maximum absolute atomic E-state index is 12.1. The molecule has 26 heavy (non-hydrogen) atoms. The molecule has 0 saturated heterocycles. The van der Waals surface area contributed by atoms with Gasteiger partial charge in [-0.2, -0.15) is 0 Å². The molecule has 0 radical (unpaired) electrons. The normalized spacial score (nSPS) is 10.7. The molecule has 6 nitrogen and oxygen atoms in total. The number of para-hydroxylation sites is 1. The minimum atomic E-state index is -0.175. The Hall–Kier alpha value is -3.15. The number of carbonyl (C=O) groups excluding carboxylic acids is 1. The fourth-order valence-electron chi connectivity index (χ4n) is 2.72. The number of aryl methyl sites for hydroxylation is 1. The molecule has 0 bridgehead atoms. The third-order valence-corrected chi connectivity index (χ3v) is 4.17. The number of benzene rings is 2. The highest BCUT2D eigenvalue weighted by molar-refractivity contribution is 5.78. The van der Waals surface area contributed by atoms with Crippen molar-refractivity contribution in [3.63, 3.8) is 0 Å². The Bertz CT molecular complexity index is 979. The lowest BCUT2D eigenvalue weighted by Gasteiger charge is -2.13. The predicted octanol–water partition coefficient (Wildman–Crippen LogP) is 2.24. The molecule has 3 rings (SSSR count). The number of hydrogen-bond donors (Lipinski definition) is 2. The Balaban J connectivity index is 1.58. The molecule has 2 N–H and O–H groups in total. The second-order valence-electron chi connectivity index (χ2n) is 6.37. The van der Waals surface area contributed by atoms with Crippen molar-refractivity contribution in [3.8, 4) is 0 Å². The largest absolute Gasteiger partial charge is 0.378 e. The minimum Gasteiger partial charge on any atom is -0.378 e. The molecule has 0 aliphatic carbocycles. The van der Waals surface area contributed by atoms with Crippen LogP contribution in [0.25, 0.3) is 10.9 Å². The maximum Gasteiger partial charge on any atom is 0.258 e. The standard InChI is InChI=1S/C20H22N4O2/c1-24(2)15-7-5-6-14(12-15)13-21-19(25)11-10-18-22-17-9-4-3-8-16(17)20(26)23-18/h3-9,12H,10-11,13H2,1-2H3,(H,21,25)(H,22,23,26). The second-order valence-corrected chi connectivity index (χ2v) is 6.37. The number of H-pyrrole nitrogens is 1. The van der Waals surface area contributed by atoms with E-state index in [9.17, 15) is 9.59 Å². The lowest BCUT2D eigenvalue weighted by atomic mass is 10.2. The zero-order valence-electron chi connectivity index (χ0n) is 15.0. The van der Waals surface area contributed by atoms with Crippen LogP contribution < -0.4 is 15.8 Å². The van der Waals surface area contributed by atoms with Gasteiger partial charge in [-0.05, 0) is 29.8 Å². The van der Waals surface area contributed by atoms with Gasteiger partial charge in [0.05, 0.1) is 10.9 Å². The summed E-state index contributed by atoms with van der Waals surface area (Å²) in [5.41, 5.74) is 2.61. The Morgan fingerprint density at radius 1 is 1.15 bits per heavy atom. The highest BCUT2D eigenvalue weighted by atomic mass is 16.1. The van der Waals surface area contributed by atoms with Gasteiger partial charge in [-0.25, -0.2) is 4.98 Å². The van der Waals surface area contributed by atoms with E-state index in [4.69, 9.17) is 0 Å². The molecule has 0 saturated carbocycles. The fourth-order valence-corrected chi connectivity index (χ4v) is 2.72. The minimum absolute atomic E-state index is 0.0731. The summed E-state index contributed by atoms with van der Waals surface area (Å²) in [6, 6.07) is 15.2. The van der Waals surface area contributed by atoms with E-state index in [1.54, 1.807) is 18.2 Å². The van der Waals surface area contributed by atoms with Crippen molar-refractivity contribution >= 4 is 22.5 Å². The molecular formula is C20H22N4O2. The van der Waals surface area contributed by atoms with Gasteiger partial charge >= 0.3 is 0 Å². The number of hydrogen-bond acceptors (Lipinski definition) is 4. The van der Waals surface area contributed by atoms with Gasteiger partial charge in [0.2, 0.25) is 5.91 Å². The first-order valence-electron chi connectivity index (χ1n) is 8.54. The molecule has 0 unspecified atom stereocenters. The lowest BCUT2D eigenvalue weighted by Crippen LogP contribution is -2.24. The van der Waals surface area contributed by atoms with E-state index in [0.29, 0.717) is 29.7 Å². The van der Waals surface area contributed by atoms with Crippen LogP contribution in [0, 0.1) is 0 Å². The molecule has 0 aliphatic heterocycles. The third-order valence-electron chi connectivity index (χ3n) is 4.17. The molecular weight excluding hydrogens is 328 g/mol. The van der Waals surface area contributed by atoms with Gasteiger partial charge in [0, 0.05) is 39.2 Å². The number of nitrogens with zero attached hydrogens (tertiary/aromatic N) is 2. The van der Waals surface area contributed by atoms with E-state index in [2.05, 4.69) is 15.3 Å². The van der Waals surface area contributed by atoms with E-state index in [0.717, 1.165) is 11.3 Å². The number of carbonyl (C=O) groups is 1. The number of nitrogens with one attached hydrogen (secondary N) is 2. The summed E-state index contributed by atoms with van der Waals surface area (Å²) in [5, 5.41) is 3.47. The van der Waals surface area contributed by atoms with Crippen molar-refractivity contribution in [3.05, 3.63) is 70.3 Å². The molecule has 3 aromatic rings. The van der Waals surface area contributed by atoms with Crippen LogP contribution in [0.3, 0.4) is 0 Å². The van der Waals surface area contributed by atoms with Crippen LogP contribution in [-0.4, -0.2) is 30.0 Å². The Morgan fingerprint density at radius 3 is 2.77 bits per heavy atom. The van der Waals surface area contributed by atoms with Gasteiger partial charge in [0.15, 0.2) is 0 Å². The first-order valence-corrected chi connectivity index (χ1v) is 8.54. The van der Waals surface area contributed by atoms with Gasteiger partial charge in [-0.3, -0.25) is 9.59 Å². The van der Waals surface area contributed by atoms with Gasteiger partial charge in [0.25, 0.3) is 5.56 Å². The first-order chi connectivity index (χ1) is 12.5. The quantitative estimate of drug-likeness (QED) is 0.715. The Labute approximate surface area is 151 Å². The molecule has 0 atom stereocenters. The fraction of sp³-hybridized carbons (Fsp3) is 0.250. The average molecular weight is 350 g/mol. The summed E-state index contributed by atoms with van der Waals surface area (Å²) in [7, 11) is 3.96. The number of fused-ring (bicyclic) bond motifs is 1. The van der Waals surface area contributed by atoms with Crippen LogP contribution in [0.15, 0.2) is 53.3 Å². The van der Waals surface area contributed by atoms with E-state index < -0.39 is 0 Å². The zero-order valence-corrected chi connectivity index (χ0v) is 15.0. The summed E-state index contributed by atoms with van der Waals surface area (Å²) in [6.07, 6.45) is 0.665. The average Bonchev–Trinajstić information content (AvgIpc) is 2.65. The molecule has 0 aliphatic rings. The number of amides is 1. The van der Waals surface area contributed by atoms with E-state index in [-0.39, 0.29) is 17.9 Å². The molecule has 2 aromatic carbocycles. The highest BCUT2D eigenvalue weighted by Gasteiger charge is 2.07. The van der Waals surface area contributed by atoms with Gasteiger partial charge in [0.1, 0.15) is 5.82 Å². The Morgan fingerprint density at radius 2 is 1.96 bits per heavy atom. The highest BCUT2D eigenvalue weighted by Crippen LogP contribution is 2.13. The SMILES string of the molecule is CN(C)c1cccc(CNC(=O)CCc2nc3ccccc3c(=O)[nH]2)c1. The van der Waals surface area contributed by atoms with Crippen molar-refractivity contribution in [2.75, 3.05) is 19.0 Å². The predicted molar refractivity (Wildman–Crippen MR) is 103 cm³/mol. The van der Waals surface area contributed by atoms with Crippen LogP contribution in [0.1, 0.15) is 17.8 Å². The van der Waals surface area contributed by atoms with Crippen molar-refractivity contribution < 1.29 is 4.79 Å². The van der Waals surface area contributed by atoms with Gasteiger partial charge in [-0.1, -0.05) is 24.3 Å².